The average molecular weight is 275 g/mol. The SMILES string of the molecule is CCNC(CC)c1cccc(OCc2cccs2)c1. The van der Waals surface area contributed by atoms with Gasteiger partial charge in [0.1, 0.15) is 12.4 Å². The highest BCUT2D eigenvalue weighted by Crippen LogP contribution is 2.22. The van der Waals surface area contributed by atoms with Crippen molar-refractivity contribution in [3.8, 4) is 5.75 Å². The Morgan fingerprint density at radius 2 is 2.11 bits per heavy atom. The topological polar surface area (TPSA) is 21.3 Å². The van der Waals surface area contributed by atoms with Gasteiger partial charge in [-0.05, 0) is 42.1 Å². The molecule has 0 radical (unpaired) electrons. The summed E-state index contributed by atoms with van der Waals surface area (Å²) in [6.07, 6.45) is 1.09. The molecule has 2 aromatic rings. The maximum Gasteiger partial charge on any atom is 0.122 e. The summed E-state index contributed by atoms with van der Waals surface area (Å²) in [6, 6.07) is 13.0. The van der Waals surface area contributed by atoms with Crippen LogP contribution in [0.1, 0.15) is 36.8 Å². The molecule has 1 aromatic heterocycles. The van der Waals surface area contributed by atoms with Crippen molar-refractivity contribution in [3.05, 3.63) is 52.2 Å². The van der Waals surface area contributed by atoms with Crippen LogP contribution in [0.3, 0.4) is 0 Å². The van der Waals surface area contributed by atoms with E-state index in [9.17, 15) is 0 Å². The van der Waals surface area contributed by atoms with Gasteiger partial charge in [0.15, 0.2) is 0 Å². The summed E-state index contributed by atoms with van der Waals surface area (Å²) in [7, 11) is 0. The molecule has 0 saturated heterocycles. The highest BCUT2D eigenvalue weighted by molar-refractivity contribution is 7.09. The van der Waals surface area contributed by atoms with Crippen LogP contribution in [0.4, 0.5) is 0 Å². The molecule has 1 heterocycles. The van der Waals surface area contributed by atoms with E-state index in [4.69, 9.17) is 4.74 Å². The number of nitrogens with one attached hydrogen (secondary N) is 1. The van der Waals surface area contributed by atoms with Crippen molar-refractivity contribution >= 4 is 11.3 Å². The fourth-order valence-corrected chi connectivity index (χ4v) is 2.73. The first-order chi connectivity index (χ1) is 9.33. The van der Waals surface area contributed by atoms with Crippen LogP contribution in [0.15, 0.2) is 41.8 Å². The molecule has 0 spiro atoms. The first kappa shape index (κ1) is 14.1. The standard InChI is InChI=1S/C16H21NOS/c1-3-16(17-4-2)13-7-5-8-14(11-13)18-12-15-9-6-10-19-15/h5-11,16-17H,3-4,12H2,1-2H3. The lowest BCUT2D eigenvalue weighted by atomic mass is 10.0. The normalized spacial score (nSPS) is 12.3. The van der Waals surface area contributed by atoms with E-state index in [0.29, 0.717) is 12.6 Å². The van der Waals surface area contributed by atoms with E-state index in [1.54, 1.807) is 11.3 Å². The van der Waals surface area contributed by atoms with Crippen LogP contribution in [0.2, 0.25) is 0 Å². The van der Waals surface area contributed by atoms with Gasteiger partial charge in [-0.3, -0.25) is 0 Å². The minimum absolute atomic E-state index is 0.412. The van der Waals surface area contributed by atoms with E-state index < -0.39 is 0 Å². The molecule has 1 N–H and O–H groups in total. The van der Waals surface area contributed by atoms with Crippen LogP contribution >= 0.6 is 11.3 Å². The van der Waals surface area contributed by atoms with Gasteiger partial charge in [-0.1, -0.05) is 32.0 Å². The van der Waals surface area contributed by atoms with E-state index >= 15 is 0 Å². The third-order valence-electron chi connectivity index (χ3n) is 3.08. The molecule has 0 aliphatic heterocycles. The zero-order chi connectivity index (χ0) is 13.5. The summed E-state index contributed by atoms with van der Waals surface area (Å²) in [6.45, 7) is 5.98. The van der Waals surface area contributed by atoms with E-state index in [1.165, 1.54) is 10.4 Å². The molecule has 1 atom stereocenters. The Kier molecular flexibility index (Phi) is 5.43. The van der Waals surface area contributed by atoms with Crippen LogP contribution in [0, 0.1) is 0 Å². The van der Waals surface area contributed by atoms with Gasteiger partial charge in [0.25, 0.3) is 0 Å². The quantitative estimate of drug-likeness (QED) is 0.809. The van der Waals surface area contributed by atoms with Crippen LogP contribution in [0.25, 0.3) is 0 Å². The Hall–Kier alpha value is -1.32. The lowest BCUT2D eigenvalue weighted by molar-refractivity contribution is 0.309. The Morgan fingerprint density at radius 1 is 1.21 bits per heavy atom. The Bertz CT molecular complexity index is 481. The van der Waals surface area contributed by atoms with Gasteiger partial charge in [-0.25, -0.2) is 0 Å². The van der Waals surface area contributed by atoms with Crippen molar-refractivity contribution in [3.63, 3.8) is 0 Å². The summed E-state index contributed by atoms with van der Waals surface area (Å²) in [5.74, 6) is 0.947. The molecule has 102 valence electrons. The molecule has 1 unspecified atom stereocenters. The summed E-state index contributed by atoms with van der Waals surface area (Å²) in [5.41, 5.74) is 1.30. The second-order valence-electron chi connectivity index (χ2n) is 4.46. The van der Waals surface area contributed by atoms with Gasteiger partial charge in [0, 0.05) is 10.9 Å². The molecule has 2 nitrogen and oxygen atoms in total. The largest absolute Gasteiger partial charge is 0.488 e. The molecular formula is C16H21NOS. The second kappa shape index (κ2) is 7.31. The fraction of sp³-hybridized carbons (Fsp3) is 0.375. The first-order valence-electron chi connectivity index (χ1n) is 6.82. The molecule has 19 heavy (non-hydrogen) atoms. The highest BCUT2D eigenvalue weighted by atomic mass is 32.1. The molecule has 0 bridgehead atoms. The lowest BCUT2D eigenvalue weighted by Gasteiger charge is -2.17. The molecule has 0 fully saturated rings. The van der Waals surface area contributed by atoms with E-state index in [0.717, 1.165) is 18.7 Å². The van der Waals surface area contributed by atoms with E-state index in [2.05, 4.69) is 54.9 Å². The number of benzene rings is 1. The minimum atomic E-state index is 0.412. The zero-order valence-corrected chi connectivity index (χ0v) is 12.4. The van der Waals surface area contributed by atoms with Gasteiger partial charge in [0.05, 0.1) is 0 Å². The summed E-state index contributed by atoms with van der Waals surface area (Å²) in [4.78, 5) is 1.25. The van der Waals surface area contributed by atoms with Gasteiger partial charge < -0.3 is 10.1 Å². The molecule has 3 heteroatoms. The number of rotatable bonds is 7. The van der Waals surface area contributed by atoms with Crippen LogP contribution < -0.4 is 10.1 Å². The summed E-state index contributed by atoms with van der Waals surface area (Å²) in [5, 5.41) is 5.57. The lowest BCUT2D eigenvalue weighted by Crippen LogP contribution is -2.19. The van der Waals surface area contributed by atoms with Crippen LogP contribution in [0.5, 0.6) is 5.75 Å². The first-order valence-corrected chi connectivity index (χ1v) is 7.70. The Morgan fingerprint density at radius 3 is 2.79 bits per heavy atom. The molecule has 0 aliphatic rings. The number of thiophene rings is 1. The average Bonchev–Trinajstić information content (AvgIpc) is 2.96. The minimum Gasteiger partial charge on any atom is -0.488 e. The van der Waals surface area contributed by atoms with Gasteiger partial charge in [-0.2, -0.15) is 0 Å². The van der Waals surface area contributed by atoms with Crippen molar-refractivity contribution in [2.75, 3.05) is 6.54 Å². The summed E-state index contributed by atoms with van der Waals surface area (Å²) >= 11 is 1.73. The molecule has 2 rings (SSSR count). The third kappa shape index (κ3) is 4.08. The number of ether oxygens (including phenoxy) is 1. The number of hydrogen-bond acceptors (Lipinski definition) is 3. The molecular weight excluding hydrogens is 254 g/mol. The zero-order valence-electron chi connectivity index (χ0n) is 11.6. The third-order valence-corrected chi connectivity index (χ3v) is 3.93. The van der Waals surface area contributed by atoms with Crippen molar-refractivity contribution in [2.24, 2.45) is 0 Å². The maximum atomic E-state index is 5.85. The van der Waals surface area contributed by atoms with Crippen molar-refractivity contribution in [1.82, 2.24) is 5.32 Å². The molecule has 0 saturated carbocycles. The van der Waals surface area contributed by atoms with Crippen molar-refractivity contribution in [1.29, 1.82) is 0 Å². The Balaban J connectivity index is 2.01. The van der Waals surface area contributed by atoms with Crippen LogP contribution in [-0.2, 0) is 6.61 Å². The second-order valence-corrected chi connectivity index (χ2v) is 5.49. The smallest absolute Gasteiger partial charge is 0.122 e. The van der Waals surface area contributed by atoms with E-state index in [1.807, 2.05) is 6.07 Å². The number of hydrogen-bond donors (Lipinski definition) is 1. The predicted octanol–water partition coefficient (Wildman–Crippen LogP) is 4.39. The fourth-order valence-electron chi connectivity index (χ4n) is 2.11. The Labute approximate surface area is 119 Å². The highest BCUT2D eigenvalue weighted by Gasteiger charge is 2.08. The van der Waals surface area contributed by atoms with Gasteiger partial charge in [0.2, 0.25) is 0 Å². The molecule has 0 aliphatic carbocycles. The summed E-state index contributed by atoms with van der Waals surface area (Å²) < 4.78 is 5.85. The maximum absolute atomic E-state index is 5.85. The monoisotopic (exact) mass is 275 g/mol. The van der Waals surface area contributed by atoms with Gasteiger partial charge in [-0.15, -0.1) is 11.3 Å². The molecule has 1 aromatic carbocycles. The van der Waals surface area contributed by atoms with Crippen molar-refractivity contribution < 1.29 is 4.74 Å². The molecule has 0 amide bonds. The van der Waals surface area contributed by atoms with E-state index in [-0.39, 0.29) is 0 Å². The van der Waals surface area contributed by atoms with Crippen LogP contribution in [-0.4, -0.2) is 6.54 Å². The predicted molar refractivity (Wildman–Crippen MR) is 81.8 cm³/mol. The van der Waals surface area contributed by atoms with Gasteiger partial charge >= 0.3 is 0 Å². The van der Waals surface area contributed by atoms with Crippen molar-refractivity contribution in [2.45, 2.75) is 32.9 Å².